The van der Waals surface area contributed by atoms with Gasteiger partial charge in [0, 0.05) is 39.2 Å². The van der Waals surface area contributed by atoms with Crippen LogP contribution in [0.4, 0.5) is 0 Å². The van der Waals surface area contributed by atoms with Gasteiger partial charge in [0.15, 0.2) is 11.8 Å². The summed E-state index contributed by atoms with van der Waals surface area (Å²) in [6, 6.07) is 14.4. The Morgan fingerprint density at radius 1 is 0.941 bits per heavy atom. The molecule has 4 heterocycles. The number of aliphatic hydroxyl groups is 1. The van der Waals surface area contributed by atoms with Crippen molar-refractivity contribution in [3.63, 3.8) is 0 Å². The van der Waals surface area contributed by atoms with E-state index in [4.69, 9.17) is 28.5 Å². The van der Waals surface area contributed by atoms with Crippen molar-refractivity contribution in [2.45, 2.75) is 204 Å². The van der Waals surface area contributed by atoms with Gasteiger partial charge in [-0.1, -0.05) is 106 Å². The van der Waals surface area contributed by atoms with Crippen molar-refractivity contribution in [3.05, 3.63) is 77.4 Å². The number of likely N-dealkylation sites (N-methyl/N-ethyl adjacent to an activating group) is 1. The summed E-state index contributed by atoms with van der Waals surface area (Å²) in [5, 5.41) is 15.0. The number of hydrogen-bond acceptors (Lipinski definition) is 12. The van der Waals surface area contributed by atoms with Gasteiger partial charge in [-0.3, -0.25) is 24.0 Å². The minimum absolute atomic E-state index is 0.0254. The van der Waals surface area contributed by atoms with E-state index < -0.39 is 89.7 Å². The van der Waals surface area contributed by atoms with Gasteiger partial charge in [-0.05, 0) is 81.9 Å². The highest BCUT2D eigenvalue weighted by molar-refractivity contribution is 5.96. The highest BCUT2D eigenvalue weighted by atomic mass is 16.8. The molecule has 68 heavy (non-hydrogen) atoms. The fraction of sp³-hybridized carbons (Fsp3) is 0.667. The van der Waals surface area contributed by atoms with Crippen molar-refractivity contribution in [3.8, 4) is 0 Å². The topological polar surface area (TPSA) is 166 Å². The zero-order valence-corrected chi connectivity index (χ0v) is 41.1. The lowest BCUT2D eigenvalue weighted by Crippen LogP contribution is -2.70. The molecule has 6 aliphatic rings. The van der Waals surface area contributed by atoms with Crippen LogP contribution >= 0.6 is 0 Å². The number of unbranched alkanes of at least 4 members (excludes halogenated alkanes) is 4. The van der Waals surface area contributed by atoms with Crippen molar-refractivity contribution in [2.24, 2.45) is 11.3 Å². The monoisotopic (exact) mass is 942 g/mol. The molecule has 2 bridgehead atoms. The number of nitrogens with zero attached hydrogens (tertiary/aromatic N) is 2. The van der Waals surface area contributed by atoms with Gasteiger partial charge >= 0.3 is 11.9 Å². The Morgan fingerprint density at radius 2 is 1.65 bits per heavy atom. The first-order valence-electron chi connectivity index (χ1n) is 25.5. The van der Waals surface area contributed by atoms with E-state index in [-0.39, 0.29) is 32.2 Å². The normalized spacial score (nSPS) is 30.0. The number of aliphatic hydroxyl groups excluding tert-OH is 1. The fourth-order valence-corrected chi connectivity index (χ4v) is 11.4. The molecule has 2 aromatic rings. The summed E-state index contributed by atoms with van der Waals surface area (Å²) in [7, 11) is 1.61. The number of epoxide rings is 1. The molecule has 4 saturated heterocycles. The van der Waals surface area contributed by atoms with Crippen molar-refractivity contribution in [1.29, 1.82) is 0 Å². The van der Waals surface area contributed by atoms with Crippen LogP contribution in [0.2, 0.25) is 0 Å². The number of fused-ring (bicyclic) bond motifs is 5. The average molecular weight is 942 g/mol. The third kappa shape index (κ3) is 11.1. The maximum atomic E-state index is 16.0. The number of carbonyl (C=O) groups excluding carboxylic acids is 4. The molecule has 2 saturated carbocycles. The Kier molecular flexibility index (Phi) is 15.8. The SMILES string of the molecule is CCCCCC1(CCCCC)O[C@@H]2[C@H](O1)[C@H]1ON(Cc3ccccc3C=CC3CCC4OC4C3)[C@@H]3C(=O)O[C@@H]2C[C@]13C(=O)N(C)[C@H](Cc1ccccc1)C(=O)N[C@H](CO)CCC(=O)OC(C)(C)C. The van der Waals surface area contributed by atoms with E-state index in [1.807, 2.05) is 48.5 Å². The molecular weight excluding hydrogens is 867 g/mol. The summed E-state index contributed by atoms with van der Waals surface area (Å²) in [6.45, 7) is 9.42. The Hall–Kier alpha value is -4.18. The van der Waals surface area contributed by atoms with Crippen LogP contribution < -0.4 is 5.32 Å². The second-order valence-corrected chi connectivity index (χ2v) is 21.2. The van der Waals surface area contributed by atoms with Gasteiger partial charge in [0.1, 0.15) is 41.5 Å². The zero-order chi connectivity index (χ0) is 48.2. The van der Waals surface area contributed by atoms with E-state index in [1.165, 1.54) is 4.90 Å². The predicted molar refractivity (Wildman–Crippen MR) is 254 cm³/mol. The molecule has 0 aromatic heterocycles. The van der Waals surface area contributed by atoms with Gasteiger partial charge in [-0.15, -0.1) is 0 Å². The maximum Gasteiger partial charge on any atom is 0.327 e. The first-order valence-corrected chi connectivity index (χ1v) is 25.5. The Morgan fingerprint density at radius 3 is 2.34 bits per heavy atom. The first kappa shape index (κ1) is 50.2. The lowest BCUT2D eigenvalue weighted by Gasteiger charge is -2.50. The Bertz CT molecular complexity index is 2100. The van der Waals surface area contributed by atoms with Crippen LogP contribution in [0.1, 0.15) is 141 Å². The minimum Gasteiger partial charge on any atom is -0.460 e. The van der Waals surface area contributed by atoms with Crippen LogP contribution in [0.25, 0.3) is 6.08 Å². The third-order valence-electron chi connectivity index (χ3n) is 15.0. The molecule has 6 fully saturated rings. The fourth-order valence-electron chi connectivity index (χ4n) is 11.4. The molecule has 0 spiro atoms. The van der Waals surface area contributed by atoms with Crippen molar-refractivity contribution >= 4 is 29.8 Å². The number of carbonyl (C=O) groups is 4. The second-order valence-electron chi connectivity index (χ2n) is 21.2. The van der Waals surface area contributed by atoms with Crippen LogP contribution in [-0.4, -0.2) is 119 Å². The van der Waals surface area contributed by atoms with Crippen molar-refractivity contribution in [2.75, 3.05) is 13.7 Å². The summed E-state index contributed by atoms with van der Waals surface area (Å²) in [4.78, 5) is 66.7. The summed E-state index contributed by atoms with van der Waals surface area (Å²) in [5.41, 5.74) is 0.494. The number of rotatable bonds is 22. The number of hydroxylamine groups is 2. The highest BCUT2D eigenvalue weighted by Gasteiger charge is 2.77. The number of amides is 2. The number of benzene rings is 2. The van der Waals surface area contributed by atoms with Crippen LogP contribution in [-0.2, 0) is 60.7 Å². The summed E-state index contributed by atoms with van der Waals surface area (Å²) in [6.07, 6.45) is 12.7. The van der Waals surface area contributed by atoms with Gasteiger partial charge < -0.3 is 39.0 Å². The van der Waals surface area contributed by atoms with Gasteiger partial charge in [0.25, 0.3) is 0 Å². The molecule has 0 radical (unpaired) electrons. The van der Waals surface area contributed by atoms with E-state index in [0.717, 1.165) is 74.5 Å². The van der Waals surface area contributed by atoms with Crippen LogP contribution in [0, 0.1) is 11.3 Å². The number of nitrogens with one attached hydrogen (secondary N) is 1. The molecule has 3 unspecified atom stereocenters. The molecule has 2 aromatic carbocycles. The van der Waals surface area contributed by atoms with Crippen LogP contribution in [0.3, 0.4) is 0 Å². The largest absolute Gasteiger partial charge is 0.460 e. The molecule has 4 aliphatic heterocycles. The van der Waals surface area contributed by atoms with E-state index in [0.29, 0.717) is 31.0 Å². The summed E-state index contributed by atoms with van der Waals surface area (Å²) < 4.78 is 31.9. The minimum atomic E-state index is -1.53. The Labute approximate surface area is 402 Å². The standard InChI is InChI=1S/C54H75N3O11/c1-7-9-16-28-53(29-17-10-8-2)66-45-43-32-54(51(62)56(6)40(30-35-18-12-11-13-19-35)49(60)55-39(34-58)25-27-44(59)65-52(3,4)5)47(50(61)64-43)57(68-48(54)46(45)67-53)33-38-21-15-14-20-37(38)24-22-36-23-26-41-42(31-36)63-41/h11-15,18-22,24,36,39-43,45-48,58H,7-10,16-17,23,25-34H2,1-6H3,(H,55,60)/t36?,39-,40+,41?,42?,43+,45-,46-,47+,48+,54+/m0/s1. The smallest absolute Gasteiger partial charge is 0.327 e. The van der Waals surface area contributed by atoms with Gasteiger partial charge in [-0.2, -0.15) is 5.06 Å². The van der Waals surface area contributed by atoms with E-state index in [2.05, 4.69) is 37.4 Å². The van der Waals surface area contributed by atoms with Crippen molar-refractivity contribution in [1.82, 2.24) is 15.3 Å². The Balaban J connectivity index is 1.13. The summed E-state index contributed by atoms with van der Waals surface area (Å²) >= 11 is 0. The number of esters is 2. The van der Waals surface area contributed by atoms with E-state index >= 15 is 4.79 Å². The molecule has 14 heteroatoms. The highest BCUT2D eigenvalue weighted by Crippen LogP contribution is 2.59. The van der Waals surface area contributed by atoms with Crippen LogP contribution in [0.15, 0.2) is 60.7 Å². The lowest BCUT2D eigenvalue weighted by molar-refractivity contribution is -0.225. The maximum absolute atomic E-state index is 16.0. The molecule has 2 N–H and O–H groups in total. The van der Waals surface area contributed by atoms with Gasteiger partial charge in [0.05, 0.1) is 31.4 Å². The predicted octanol–water partition coefficient (Wildman–Crippen LogP) is 7.38. The molecule has 2 amide bonds. The lowest BCUT2D eigenvalue weighted by atomic mass is 9.62. The van der Waals surface area contributed by atoms with Gasteiger partial charge in [-0.25, -0.2) is 0 Å². The number of ether oxygens (including phenoxy) is 5. The molecule has 8 rings (SSSR count). The van der Waals surface area contributed by atoms with Crippen molar-refractivity contribution < 1.29 is 52.8 Å². The third-order valence-corrected chi connectivity index (χ3v) is 15.0. The molecule has 11 atom stereocenters. The summed E-state index contributed by atoms with van der Waals surface area (Å²) in [5.74, 6) is -2.51. The zero-order valence-electron chi connectivity index (χ0n) is 41.1. The average Bonchev–Trinajstić information content (AvgIpc) is 3.86. The van der Waals surface area contributed by atoms with E-state index in [1.54, 1.807) is 32.9 Å². The molecular formula is C54H75N3O11. The number of allylic oxidation sites excluding steroid dienone is 1. The first-order chi connectivity index (χ1) is 32.7. The number of hydrogen-bond donors (Lipinski definition) is 2. The van der Waals surface area contributed by atoms with E-state index in [9.17, 15) is 19.5 Å². The van der Waals surface area contributed by atoms with Crippen LogP contribution in [0.5, 0.6) is 0 Å². The van der Waals surface area contributed by atoms with Gasteiger partial charge in [0.2, 0.25) is 11.8 Å². The second kappa shape index (κ2) is 21.4. The molecule has 2 aliphatic carbocycles. The molecule has 14 nitrogen and oxygen atoms in total. The molecule has 372 valence electrons. The quantitative estimate of drug-likeness (QED) is 0.0685.